The number of aromatic nitrogens is 3. The highest BCUT2D eigenvalue weighted by Gasteiger charge is 2.13. The van der Waals surface area contributed by atoms with Gasteiger partial charge in [0, 0.05) is 24.2 Å². The van der Waals surface area contributed by atoms with Gasteiger partial charge in [-0.05, 0) is 42.6 Å². The molecule has 0 aliphatic carbocycles. The van der Waals surface area contributed by atoms with Crippen LogP contribution in [0, 0.1) is 11.7 Å². The largest absolute Gasteiger partial charge is 0.495 e. The summed E-state index contributed by atoms with van der Waals surface area (Å²) in [6.45, 7) is 1.97. The van der Waals surface area contributed by atoms with Crippen molar-refractivity contribution in [1.29, 1.82) is 4.78 Å². The van der Waals surface area contributed by atoms with Crippen LogP contribution in [0.5, 0.6) is 5.75 Å². The van der Waals surface area contributed by atoms with E-state index < -0.39 is 9.73 Å². The van der Waals surface area contributed by atoms with E-state index in [0.717, 1.165) is 22.3 Å². The van der Waals surface area contributed by atoms with Gasteiger partial charge in [0.25, 0.3) is 0 Å². The van der Waals surface area contributed by atoms with Gasteiger partial charge in [-0.3, -0.25) is 0 Å². The lowest BCUT2D eigenvalue weighted by Gasteiger charge is -2.14. The number of para-hydroxylation sites is 1. The van der Waals surface area contributed by atoms with Gasteiger partial charge < -0.3 is 14.6 Å². The molecule has 0 aliphatic rings. The molecule has 0 aliphatic heterocycles. The summed E-state index contributed by atoms with van der Waals surface area (Å²) < 4.78 is 27.2. The maximum absolute atomic E-state index is 12.0. The number of nitrogens with one attached hydrogen (secondary N) is 2. The number of methoxy groups -OCH3 is 1. The SMILES string of the molecule is COc1cc(S(C)(=N)=O)ccc1Nc1ncc(C)c(-n2ccc3ccccc32)n1. The Balaban J connectivity index is 1.74. The second-order valence-corrected chi connectivity index (χ2v) is 8.93. The van der Waals surface area contributed by atoms with Gasteiger partial charge in [0.2, 0.25) is 5.95 Å². The molecule has 0 radical (unpaired) electrons. The van der Waals surface area contributed by atoms with E-state index in [-0.39, 0.29) is 0 Å². The monoisotopic (exact) mass is 407 g/mol. The molecule has 8 heteroatoms. The number of hydrogen-bond donors (Lipinski definition) is 2. The lowest BCUT2D eigenvalue weighted by molar-refractivity contribution is 0.415. The number of benzene rings is 2. The molecule has 0 spiro atoms. The molecule has 0 fully saturated rings. The zero-order valence-electron chi connectivity index (χ0n) is 16.3. The van der Waals surface area contributed by atoms with E-state index in [1.54, 1.807) is 24.4 Å². The number of hydrogen-bond acceptors (Lipinski definition) is 6. The van der Waals surface area contributed by atoms with E-state index in [4.69, 9.17) is 14.5 Å². The van der Waals surface area contributed by atoms with E-state index in [1.165, 1.54) is 13.4 Å². The molecule has 2 N–H and O–H groups in total. The number of fused-ring (bicyclic) bond motifs is 1. The number of aryl methyl sites for hydroxylation is 1. The molecule has 4 aromatic rings. The molecule has 148 valence electrons. The van der Waals surface area contributed by atoms with E-state index in [2.05, 4.69) is 28.5 Å². The zero-order valence-corrected chi connectivity index (χ0v) is 17.2. The summed E-state index contributed by atoms with van der Waals surface area (Å²) in [5.41, 5.74) is 2.64. The normalized spacial score (nSPS) is 13.2. The van der Waals surface area contributed by atoms with Gasteiger partial charge in [-0.1, -0.05) is 18.2 Å². The van der Waals surface area contributed by atoms with Crippen molar-refractivity contribution in [1.82, 2.24) is 14.5 Å². The Morgan fingerprint density at radius 1 is 1.17 bits per heavy atom. The van der Waals surface area contributed by atoms with Gasteiger partial charge in [0.15, 0.2) is 0 Å². The molecule has 0 saturated carbocycles. The topological polar surface area (TPSA) is 92.9 Å². The first kappa shape index (κ1) is 18.9. The highest BCUT2D eigenvalue weighted by atomic mass is 32.2. The molecule has 2 aromatic heterocycles. The van der Waals surface area contributed by atoms with Crippen molar-refractivity contribution < 1.29 is 8.95 Å². The van der Waals surface area contributed by atoms with Crippen LogP contribution >= 0.6 is 0 Å². The van der Waals surface area contributed by atoms with Crippen molar-refractivity contribution in [3.05, 3.63) is 66.5 Å². The molecule has 7 nitrogen and oxygen atoms in total. The van der Waals surface area contributed by atoms with Crippen LogP contribution in [0.1, 0.15) is 5.56 Å². The average Bonchev–Trinajstić information content (AvgIpc) is 3.13. The lowest BCUT2D eigenvalue weighted by Crippen LogP contribution is -2.06. The van der Waals surface area contributed by atoms with Crippen LogP contribution in [0.15, 0.2) is 65.8 Å². The van der Waals surface area contributed by atoms with E-state index >= 15 is 0 Å². The fraction of sp³-hybridized carbons (Fsp3) is 0.143. The Kier molecular flexibility index (Phi) is 4.71. The second-order valence-electron chi connectivity index (χ2n) is 6.78. The molecule has 1 atom stereocenters. The standard InChI is InChI=1S/C21H21N5O2S/c1-14-13-23-21(24-17-9-8-16(29(3,22)27)12-19(17)28-2)25-20(14)26-11-10-15-6-4-5-7-18(15)26/h4-13,22H,1-3H3,(H,23,24,25). The summed E-state index contributed by atoms with van der Waals surface area (Å²) in [4.78, 5) is 9.49. The van der Waals surface area contributed by atoms with Crippen LogP contribution in [-0.4, -0.2) is 32.1 Å². The Morgan fingerprint density at radius 2 is 1.97 bits per heavy atom. The minimum Gasteiger partial charge on any atom is -0.495 e. The average molecular weight is 407 g/mol. The number of anilines is 2. The van der Waals surface area contributed by atoms with Crippen LogP contribution in [0.3, 0.4) is 0 Å². The highest BCUT2D eigenvalue weighted by Crippen LogP contribution is 2.30. The van der Waals surface area contributed by atoms with E-state index in [0.29, 0.717) is 22.3 Å². The fourth-order valence-corrected chi connectivity index (χ4v) is 3.80. The molecule has 2 aromatic carbocycles. The maximum atomic E-state index is 12.0. The lowest BCUT2D eigenvalue weighted by atomic mass is 10.2. The molecular formula is C21H21N5O2S. The molecule has 0 amide bonds. The molecule has 29 heavy (non-hydrogen) atoms. The summed E-state index contributed by atoms with van der Waals surface area (Å²) in [7, 11) is -1.30. The Morgan fingerprint density at radius 3 is 2.72 bits per heavy atom. The third kappa shape index (κ3) is 3.66. The summed E-state index contributed by atoms with van der Waals surface area (Å²) in [6.07, 6.45) is 5.14. The van der Waals surface area contributed by atoms with Crippen LogP contribution in [0.25, 0.3) is 16.7 Å². The van der Waals surface area contributed by atoms with E-state index in [9.17, 15) is 4.21 Å². The number of nitrogens with zero attached hydrogens (tertiary/aromatic N) is 3. The van der Waals surface area contributed by atoms with Gasteiger partial charge in [-0.15, -0.1) is 0 Å². The van der Waals surface area contributed by atoms with Gasteiger partial charge in [0.05, 0.1) is 32.9 Å². The van der Waals surface area contributed by atoms with Gasteiger partial charge in [-0.25, -0.2) is 14.0 Å². The summed E-state index contributed by atoms with van der Waals surface area (Å²) in [5, 5.41) is 4.30. The Hall–Kier alpha value is -3.39. The molecule has 0 bridgehead atoms. The summed E-state index contributed by atoms with van der Waals surface area (Å²) >= 11 is 0. The number of rotatable bonds is 5. The molecule has 0 saturated heterocycles. The van der Waals surface area contributed by atoms with Crippen molar-refractivity contribution in [3.8, 4) is 11.6 Å². The van der Waals surface area contributed by atoms with Crippen molar-refractivity contribution >= 4 is 32.3 Å². The first-order valence-corrected chi connectivity index (χ1v) is 10.9. The van der Waals surface area contributed by atoms with Crippen molar-refractivity contribution in [3.63, 3.8) is 0 Å². The first-order chi connectivity index (χ1) is 13.9. The molecule has 4 rings (SSSR count). The first-order valence-electron chi connectivity index (χ1n) is 8.96. The predicted molar refractivity (Wildman–Crippen MR) is 115 cm³/mol. The predicted octanol–water partition coefficient (Wildman–Crippen LogP) is 4.52. The van der Waals surface area contributed by atoms with Gasteiger partial charge >= 0.3 is 0 Å². The highest BCUT2D eigenvalue weighted by molar-refractivity contribution is 7.91. The quantitative estimate of drug-likeness (QED) is 0.507. The smallest absolute Gasteiger partial charge is 0.229 e. The molecular weight excluding hydrogens is 386 g/mol. The van der Waals surface area contributed by atoms with Crippen LogP contribution in [0.4, 0.5) is 11.6 Å². The fourth-order valence-electron chi connectivity index (χ4n) is 3.14. The molecule has 1 unspecified atom stereocenters. The summed E-state index contributed by atoms with van der Waals surface area (Å²) in [6, 6.07) is 15.1. The van der Waals surface area contributed by atoms with Crippen LogP contribution in [0.2, 0.25) is 0 Å². The third-order valence-electron chi connectivity index (χ3n) is 4.64. The minimum atomic E-state index is -2.83. The van der Waals surface area contributed by atoms with Crippen molar-refractivity contribution in [2.45, 2.75) is 11.8 Å². The van der Waals surface area contributed by atoms with Crippen molar-refractivity contribution in [2.24, 2.45) is 0 Å². The zero-order chi connectivity index (χ0) is 20.6. The Labute approximate surface area is 169 Å². The second kappa shape index (κ2) is 7.21. The van der Waals surface area contributed by atoms with Crippen LogP contribution in [-0.2, 0) is 9.73 Å². The Bertz CT molecular complexity index is 1310. The van der Waals surface area contributed by atoms with E-state index in [1.807, 2.05) is 29.8 Å². The minimum absolute atomic E-state index is 0.407. The van der Waals surface area contributed by atoms with Gasteiger partial charge in [-0.2, -0.15) is 4.98 Å². The van der Waals surface area contributed by atoms with Crippen LogP contribution < -0.4 is 10.1 Å². The van der Waals surface area contributed by atoms with Crippen molar-refractivity contribution in [2.75, 3.05) is 18.7 Å². The van der Waals surface area contributed by atoms with Gasteiger partial charge in [0.1, 0.15) is 11.6 Å². The summed E-state index contributed by atoms with van der Waals surface area (Å²) in [5.74, 6) is 1.67. The molecule has 2 heterocycles. The third-order valence-corrected chi connectivity index (χ3v) is 5.80. The number of ether oxygens (including phenoxy) is 1. The maximum Gasteiger partial charge on any atom is 0.229 e.